The largest absolute Gasteiger partial charge is 0.356 e. The Morgan fingerprint density at radius 3 is 2.92 bits per heavy atom. The van der Waals surface area contributed by atoms with E-state index in [2.05, 4.69) is 16.0 Å². The van der Waals surface area contributed by atoms with Gasteiger partial charge >= 0.3 is 0 Å². The number of nitriles is 1. The van der Waals surface area contributed by atoms with Gasteiger partial charge in [0.05, 0.1) is 6.07 Å². The van der Waals surface area contributed by atoms with E-state index in [4.69, 9.17) is 5.26 Å². The van der Waals surface area contributed by atoms with Crippen LogP contribution in [-0.2, 0) is 0 Å². The van der Waals surface area contributed by atoms with E-state index in [-0.39, 0.29) is 6.04 Å². The second kappa shape index (κ2) is 3.44. The number of rotatable bonds is 1. The molecule has 2 heterocycles. The van der Waals surface area contributed by atoms with Crippen LogP contribution in [0.4, 0.5) is 5.69 Å². The molecule has 0 amide bonds. The first-order chi connectivity index (χ1) is 6.42. The number of anilines is 1. The predicted octanol–water partition coefficient (Wildman–Crippen LogP) is 1.57. The second-order valence-corrected chi connectivity index (χ2v) is 3.19. The smallest absolute Gasteiger partial charge is 0.116 e. The Morgan fingerprint density at radius 1 is 1.46 bits per heavy atom. The summed E-state index contributed by atoms with van der Waals surface area (Å²) in [5, 5.41) is 8.89. The number of nitrogens with zero attached hydrogens (tertiary/aromatic N) is 3. The van der Waals surface area contributed by atoms with Crippen LogP contribution in [0.1, 0.15) is 12.8 Å². The number of aromatic nitrogens is 1. The molecule has 0 saturated carbocycles. The van der Waals surface area contributed by atoms with E-state index in [1.165, 1.54) is 0 Å². The molecule has 1 atom stereocenters. The molecule has 0 spiro atoms. The first-order valence-corrected chi connectivity index (χ1v) is 4.48. The molecular formula is C10H11N3. The maximum absolute atomic E-state index is 8.89. The summed E-state index contributed by atoms with van der Waals surface area (Å²) < 4.78 is 0. The van der Waals surface area contributed by atoms with Gasteiger partial charge in [0.25, 0.3) is 0 Å². The van der Waals surface area contributed by atoms with Crippen molar-refractivity contribution in [3.05, 3.63) is 24.5 Å². The van der Waals surface area contributed by atoms with Crippen molar-refractivity contribution in [2.75, 3.05) is 11.4 Å². The van der Waals surface area contributed by atoms with E-state index in [9.17, 15) is 0 Å². The molecule has 1 aromatic rings. The lowest BCUT2D eigenvalue weighted by molar-refractivity contribution is 0.817. The Kier molecular flexibility index (Phi) is 2.13. The zero-order valence-corrected chi connectivity index (χ0v) is 7.35. The van der Waals surface area contributed by atoms with Gasteiger partial charge in [-0.2, -0.15) is 5.26 Å². The minimum atomic E-state index is 0.0578. The van der Waals surface area contributed by atoms with Crippen LogP contribution in [0.2, 0.25) is 0 Å². The maximum Gasteiger partial charge on any atom is 0.116 e. The third kappa shape index (κ3) is 1.48. The van der Waals surface area contributed by atoms with Crippen LogP contribution in [0, 0.1) is 11.3 Å². The Bertz CT molecular complexity index is 315. The van der Waals surface area contributed by atoms with Crippen molar-refractivity contribution in [3.63, 3.8) is 0 Å². The Labute approximate surface area is 77.6 Å². The fourth-order valence-electron chi connectivity index (χ4n) is 1.75. The number of hydrogen-bond acceptors (Lipinski definition) is 3. The first kappa shape index (κ1) is 8.06. The molecule has 1 saturated heterocycles. The van der Waals surface area contributed by atoms with Crippen molar-refractivity contribution in [3.8, 4) is 6.07 Å². The van der Waals surface area contributed by atoms with E-state index in [0.29, 0.717) is 0 Å². The van der Waals surface area contributed by atoms with E-state index < -0.39 is 0 Å². The molecule has 13 heavy (non-hydrogen) atoms. The van der Waals surface area contributed by atoms with Gasteiger partial charge in [-0.05, 0) is 25.0 Å². The third-order valence-electron chi connectivity index (χ3n) is 2.40. The summed E-state index contributed by atoms with van der Waals surface area (Å²) in [6.45, 7) is 0.988. The zero-order chi connectivity index (χ0) is 9.10. The Balaban J connectivity index is 2.22. The highest BCUT2D eigenvalue weighted by Crippen LogP contribution is 2.23. The topological polar surface area (TPSA) is 39.9 Å². The highest BCUT2D eigenvalue weighted by Gasteiger charge is 2.23. The molecule has 0 N–H and O–H groups in total. The van der Waals surface area contributed by atoms with Gasteiger partial charge in [0.1, 0.15) is 6.04 Å². The van der Waals surface area contributed by atoms with Gasteiger partial charge in [-0.3, -0.25) is 4.98 Å². The van der Waals surface area contributed by atoms with Gasteiger partial charge in [0.15, 0.2) is 0 Å². The molecule has 0 aromatic carbocycles. The molecule has 1 aliphatic rings. The molecule has 1 aromatic heterocycles. The van der Waals surface area contributed by atoms with E-state index in [1.807, 2.05) is 12.1 Å². The third-order valence-corrected chi connectivity index (χ3v) is 2.40. The van der Waals surface area contributed by atoms with Crippen molar-refractivity contribution in [1.82, 2.24) is 4.98 Å². The van der Waals surface area contributed by atoms with Crippen molar-refractivity contribution in [1.29, 1.82) is 5.26 Å². The summed E-state index contributed by atoms with van der Waals surface area (Å²) in [6.07, 6.45) is 5.63. The molecular weight excluding hydrogens is 162 g/mol. The summed E-state index contributed by atoms with van der Waals surface area (Å²) in [6, 6.07) is 6.28. The summed E-state index contributed by atoms with van der Waals surface area (Å²) in [4.78, 5) is 6.10. The minimum Gasteiger partial charge on any atom is -0.356 e. The average molecular weight is 173 g/mol. The fraction of sp³-hybridized carbons (Fsp3) is 0.400. The minimum absolute atomic E-state index is 0.0578. The molecule has 1 unspecified atom stereocenters. The zero-order valence-electron chi connectivity index (χ0n) is 7.35. The standard InChI is InChI=1S/C10H11N3/c11-8-10-2-1-7-13(10)9-3-5-12-6-4-9/h3-6,10H,1-2,7H2. The van der Waals surface area contributed by atoms with Crippen LogP contribution in [0.15, 0.2) is 24.5 Å². The van der Waals surface area contributed by atoms with Gasteiger partial charge in [0.2, 0.25) is 0 Å². The molecule has 0 radical (unpaired) electrons. The molecule has 1 fully saturated rings. The first-order valence-electron chi connectivity index (χ1n) is 4.48. The van der Waals surface area contributed by atoms with E-state index in [0.717, 1.165) is 25.1 Å². The van der Waals surface area contributed by atoms with Crippen LogP contribution in [0.5, 0.6) is 0 Å². The van der Waals surface area contributed by atoms with Gasteiger partial charge in [0, 0.05) is 24.6 Å². The summed E-state index contributed by atoms with van der Waals surface area (Å²) >= 11 is 0. The summed E-state index contributed by atoms with van der Waals surface area (Å²) in [5.74, 6) is 0. The van der Waals surface area contributed by atoms with E-state index >= 15 is 0 Å². The van der Waals surface area contributed by atoms with Crippen LogP contribution in [0.25, 0.3) is 0 Å². The quantitative estimate of drug-likeness (QED) is 0.647. The highest BCUT2D eigenvalue weighted by atomic mass is 15.2. The van der Waals surface area contributed by atoms with Crippen LogP contribution >= 0.6 is 0 Å². The van der Waals surface area contributed by atoms with Crippen molar-refractivity contribution >= 4 is 5.69 Å². The SMILES string of the molecule is N#CC1CCCN1c1ccncc1. The van der Waals surface area contributed by atoms with Crippen LogP contribution in [-0.4, -0.2) is 17.6 Å². The van der Waals surface area contributed by atoms with Crippen molar-refractivity contribution in [2.45, 2.75) is 18.9 Å². The lowest BCUT2D eigenvalue weighted by atomic mass is 10.2. The molecule has 1 aliphatic heterocycles. The fourth-order valence-corrected chi connectivity index (χ4v) is 1.75. The maximum atomic E-state index is 8.89. The second-order valence-electron chi connectivity index (χ2n) is 3.19. The van der Waals surface area contributed by atoms with Gasteiger partial charge < -0.3 is 4.90 Å². The van der Waals surface area contributed by atoms with E-state index in [1.54, 1.807) is 12.4 Å². The Hall–Kier alpha value is -1.56. The normalized spacial score (nSPS) is 21.5. The molecule has 3 nitrogen and oxygen atoms in total. The molecule has 3 heteroatoms. The van der Waals surface area contributed by atoms with Crippen molar-refractivity contribution < 1.29 is 0 Å². The molecule has 0 aliphatic carbocycles. The predicted molar refractivity (Wildman–Crippen MR) is 50.2 cm³/mol. The van der Waals surface area contributed by atoms with Gasteiger partial charge in [-0.25, -0.2) is 0 Å². The average Bonchev–Trinajstić information content (AvgIpc) is 2.67. The van der Waals surface area contributed by atoms with Crippen molar-refractivity contribution in [2.24, 2.45) is 0 Å². The van der Waals surface area contributed by atoms with Gasteiger partial charge in [-0.1, -0.05) is 0 Å². The lowest BCUT2D eigenvalue weighted by Crippen LogP contribution is -2.27. The molecule has 66 valence electrons. The Morgan fingerprint density at radius 2 is 2.23 bits per heavy atom. The summed E-state index contributed by atoms with van der Waals surface area (Å²) in [7, 11) is 0. The molecule has 2 rings (SSSR count). The van der Waals surface area contributed by atoms with Crippen LogP contribution < -0.4 is 4.90 Å². The number of pyridine rings is 1. The monoisotopic (exact) mass is 173 g/mol. The molecule has 0 bridgehead atoms. The van der Waals surface area contributed by atoms with Crippen LogP contribution in [0.3, 0.4) is 0 Å². The lowest BCUT2D eigenvalue weighted by Gasteiger charge is -2.21. The number of hydrogen-bond donors (Lipinski definition) is 0. The highest BCUT2D eigenvalue weighted by molar-refractivity contribution is 5.48. The van der Waals surface area contributed by atoms with Gasteiger partial charge in [-0.15, -0.1) is 0 Å². The summed E-state index contributed by atoms with van der Waals surface area (Å²) in [5.41, 5.74) is 1.11.